The maximum Gasteiger partial charge on any atom is 0.337 e. The zero-order valence-corrected chi connectivity index (χ0v) is 26.3. The van der Waals surface area contributed by atoms with Gasteiger partial charge < -0.3 is 33.2 Å². The number of methoxy groups -OCH3 is 1. The summed E-state index contributed by atoms with van der Waals surface area (Å²) in [6.07, 6.45) is 1.11. The SMILES string of the molecule is COC(=O)c1ccc2nc(CN3CCN(c4cccc5c4OC(C)(c4ccc(Cl)cc4F)O5)[C@H]4COC[C@H]43)n(C[C@@H]3CCO3)c2c1. The van der Waals surface area contributed by atoms with Crippen LogP contribution in [0, 0.1) is 5.82 Å². The van der Waals surface area contributed by atoms with E-state index in [4.69, 9.17) is 40.3 Å². The van der Waals surface area contributed by atoms with E-state index < -0.39 is 11.6 Å². The van der Waals surface area contributed by atoms with Crippen molar-refractivity contribution >= 4 is 34.3 Å². The summed E-state index contributed by atoms with van der Waals surface area (Å²) in [5, 5.41) is 0.309. The normalized spacial score (nSPS) is 25.5. The number of fused-ring (bicyclic) bond motifs is 3. The number of carbonyl (C=O) groups is 1. The van der Waals surface area contributed by atoms with Crippen LogP contribution in [0.4, 0.5) is 10.1 Å². The van der Waals surface area contributed by atoms with E-state index in [0.29, 0.717) is 48.4 Å². The molecule has 0 saturated carbocycles. The molecular formula is C34H34ClFN4O6. The van der Waals surface area contributed by atoms with E-state index in [1.165, 1.54) is 13.2 Å². The van der Waals surface area contributed by atoms with Gasteiger partial charge in [-0.2, -0.15) is 0 Å². The van der Waals surface area contributed by atoms with Gasteiger partial charge in [0.15, 0.2) is 11.5 Å². The minimum atomic E-state index is -1.34. The minimum Gasteiger partial charge on any atom is -0.465 e. The number of benzene rings is 3. The molecule has 1 aromatic heterocycles. The number of nitrogens with zero attached hydrogens (tertiary/aromatic N) is 4. The van der Waals surface area contributed by atoms with Gasteiger partial charge in [-0.1, -0.05) is 17.7 Å². The van der Waals surface area contributed by atoms with E-state index in [0.717, 1.165) is 48.7 Å². The lowest BCUT2D eigenvalue weighted by atomic mass is 10.0. The van der Waals surface area contributed by atoms with Gasteiger partial charge in [-0.05, 0) is 55.0 Å². The van der Waals surface area contributed by atoms with Gasteiger partial charge in [0.25, 0.3) is 5.79 Å². The van der Waals surface area contributed by atoms with E-state index in [1.54, 1.807) is 25.1 Å². The summed E-state index contributed by atoms with van der Waals surface area (Å²) in [6.45, 7) is 6.38. The molecule has 4 aromatic rings. The van der Waals surface area contributed by atoms with Crippen LogP contribution >= 0.6 is 11.6 Å². The van der Waals surface area contributed by atoms with Gasteiger partial charge >= 0.3 is 5.97 Å². The largest absolute Gasteiger partial charge is 0.465 e. The number of ether oxygens (including phenoxy) is 5. The molecule has 3 saturated heterocycles. The summed E-state index contributed by atoms with van der Waals surface area (Å²) in [7, 11) is 1.39. The van der Waals surface area contributed by atoms with Crippen LogP contribution in [-0.4, -0.2) is 78.6 Å². The summed E-state index contributed by atoms with van der Waals surface area (Å²) >= 11 is 6.01. The number of hydrogen-bond acceptors (Lipinski definition) is 9. The molecule has 8 rings (SSSR count). The molecule has 0 radical (unpaired) electrons. The molecule has 46 heavy (non-hydrogen) atoms. The van der Waals surface area contributed by atoms with Gasteiger partial charge in [-0.25, -0.2) is 14.2 Å². The molecule has 240 valence electrons. The Morgan fingerprint density at radius 1 is 1.11 bits per heavy atom. The van der Waals surface area contributed by atoms with Crippen LogP contribution in [0.1, 0.15) is 35.1 Å². The Labute approximate surface area is 270 Å². The summed E-state index contributed by atoms with van der Waals surface area (Å²) in [6, 6.07) is 16.0. The highest BCUT2D eigenvalue weighted by Crippen LogP contribution is 2.51. The van der Waals surface area contributed by atoms with Gasteiger partial charge in [-0.15, -0.1) is 0 Å². The maximum absolute atomic E-state index is 15.0. The van der Waals surface area contributed by atoms with Crippen LogP contribution < -0.4 is 14.4 Å². The Balaban J connectivity index is 1.07. The third kappa shape index (κ3) is 4.97. The number of halogens is 2. The average molecular weight is 649 g/mol. The number of anilines is 1. The van der Waals surface area contributed by atoms with Crippen molar-refractivity contribution in [1.29, 1.82) is 0 Å². The maximum atomic E-state index is 15.0. The highest BCUT2D eigenvalue weighted by molar-refractivity contribution is 6.30. The molecule has 4 aliphatic rings. The Hall–Kier alpha value is -3.90. The Morgan fingerprint density at radius 2 is 1.96 bits per heavy atom. The molecule has 4 atom stereocenters. The van der Waals surface area contributed by atoms with E-state index in [9.17, 15) is 9.18 Å². The quantitative estimate of drug-likeness (QED) is 0.253. The van der Waals surface area contributed by atoms with Crippen molar-refractivity contribution < 1.29 is 32.9 Å². The molecule has 4 aliphatic heterocycles. The minimum absolute atomic E-state index is 0.0571. The van der Waals surface area contributed by atoms with Crippen molar-refractivity contribution in [2.75, 3.05) is 44.9 Å². The molecule has 10 nitrogen and oxygen atoms in total. The number of piperazine rings is 1. The number of carbonyl (C=O) groups excluding carboxylic acids is 1. The number of imidazole rings is 1. The van der Waals surface area contributed by atoms with Crippen molar-refractivity contribution in [1.82, 2.24) is 14.5 Å². The summed E-state index contributed by atoms with van der Waals surface area (Å²) < 4.78 is 46.7. The monoisotopic (exact) mass is 648 g/mol. The lowest BCUT2D eigenvalue weighted by molar-refractivity contribution is -0.0705. The van der Waals surface area contributed by atoms with Crippen molar-refractivity contribution in [3.05, 3.63) is 82.4 Å². The van der Waals surface area contributed by atoms with Gasteiger partial charge in [0.1, 0.15) is 11.6 Å². The predicted octanol–water partition coefficient (Wildman–Crippen LogP) is 5.14. The molecule has 0 amide bonds. The van der Waals surface area contributed by atoms with Gasteiger partial charge in [0, 0.05) is 31.6 Å². The highest BCUT2D eigenvalue weighted by atomic mass is 35.5. The third-order valence-corrected chi connectivity index (χ3v) is 9.82. The Morgan fingerprint density at radius 3 is 2.74 bits per heavy atom. The molecule has 0 bridgehead atoms. The van der Waals surface area contributed by atoms with E-state index in [-0.39, 0.29) is 29.7 Å². The zero-order chi connectivity index (χ0) is 31.6. The van der Waals surface area contributed by atoms with E-state index in [1.807, 2.05) is 30.3 Å². The van der Waals surface area contributed by atoms with Gasteiger partial charge in [0.05, 0.1) is 79.4 Å². The molecule has 0 N–H and O–H groups in total. The van der Waals surface area contributed by atoms with Gasteiger partial charge in [0.2, 0.25) is 0 Å². The fraction of sp³-hybridized carbons (Fsp3) is 0.412. The molecular weight excluding hydrogens is 615 g/mol. The van der Waals surface area contributed by atoms with Crippen LogP contribution in [0.25, 0.3) is 11.0 Å². The van der Waals surface area contributed by atoms with Gasteiger partial charge in [-0.3, -0.25) is 4.90 Å². The van der Waals surface area contributed by atoms with Crippen molar-refractivity contribution in [3.8, 4) is 11.5 Å². The molecule has 0 aliphatic carbocycles. The second-order valence-electron chi connectivity index (χ2n) is 12.3. The molecule has 0 spiro atoms. The lowest BCUT2D eigenvalue weighted by Gasteiger charge is -2.44. The zero-order valence-electron chi connectivity index (χ0n) is 25.6. The molecule has 3 fully saturated rings. The van der Waals surface area contributed by atoms with Crippen molar-refractivity contribution in [3.63, 3.8) is 0 Å². The van der Waals surface area contributed by atoms with Crippen molar-refractivity contribution in [2.45, 2.75) is 50.4 Å². The van der Waals surface area contributed by atoms with Crippen LogP contribution in [0.15, 0.2) is 54.6 Å². The summed E-state index contributed by atoms with van der Waals surface area (Å²) in [5.74, 6) is -0.133. The molecule has 3 aromatic carbocycles. The van der Waals surface area contributed by atoms with Crippen LogP contribution in [0.3, 0.4) is 0 Å². The van der Waals surface area contributed by atoms with Crippen molar-refractivity contribution in [2.24, 2.45) is 0 Å². The van der Waals surface area contributed by atoms with Crippen LogP contribution in [0.5, 0.6) is 11.5 Å². The second kappa shape index (κ2) is 11.4. The number of hydrogen-bond donors (Lipinski definition) is 0. The van der Waals surface area contributed by atoms with Crippen LogP contribution in [0.2, 0.25) is 5.02 Å². The first-order chi connectivity index (χ1) is 22.3. The first-order valence-electron chi connectivity index (χ1n) is 15.6. The molecule has 5 heterocycles. The molecule has 1 unspecified atom stereocenters. The van der Waals surface area contributed by atoms with E-state index in [2.05, 4.69) is 14.4 Å². The number of esters is 1. The van der Waals surface area contributed by atoms with E-state index >= 15 is 0 Å². The smallest absolute Gasteiger partial charge is 0.337 e. The Bertz CT molecular complexity index is 1830. The number of aromatic nitrogens is 2. The van der Waals surface area contributed by atoms with Crippen LogP contribution in [-0.2, 0) is 33.1 Å². The number of rotatable bonds is 7. The molecule has 12 heteroatoms. The Kier molecular flexibility index (Phi) is 7.32. The first kappa shape index (κ1) is 29.5. The third-order valence-electron chi connectivity index (χ3n) is 9.58. The topological polar surface area (TPSA) is 87.5 Å². The number of para-hydroxylation sites is 1. The predicted molar refractivity (Wildman–Crippen MR) is 168 cm³/mol. The average Bonchev–Trinajstić information content (AvgIpc) is 3.74. The fourth-order valence-corrected chi connectivity index (χ4v) is 7.26. The lowest BCUT2D eigenvalue weighted by Crippen LogP contribution is -2.59. The standard InChI is InChI=1S/C34H34ClFN4O6/c1-34(23-8-7-21(35)15-24(23)36)45-30-5-3-4-26(32(30)46-34)39-12-11-38(28-18-43-19-29(28)39)17-31-37-25-9-6-20(33(41)42-2)14-27(25)40(31)16-22-10-13-44-22/h3-9,14-15,22,28-29H,10-13,16-19H2,1-2H3/t22-,28+,29-,34?/m0/s1. The fourth-order valence-electron chi connectivity index (χ4n) is 7.10. The summed E-state index contributed by atoms with van der Waals surface area (Å²) in [5.41, 5.74) is 3.38. The summed E-state index contributed by atoms with van der Waals surface area (Å²) in [4.78, 5) is 22.1. The second-order valence-corrected chi connectivity index (χ2v) is 12.8. The highest BCUT2D eigenvalue weighted by Gasteiger charge is 2.46. The first-order valence-corrected chi connectivity index (χ1v) is 15.9.